The zero-order chi connectivity index (χ0) is 13.8. The standard InChI is InChI=1S/C15H23NO2S/c1-16(10-13(17)12-5-6-12)9-11-4-7-15(19-3)14(8-11)18-2/h4,7-8,12-13,17H,5-6,9-10H2,1-3H3. The third kappa shape index (κ3) is 4.13. The first-order valence-corrected chi connectivity index (χ1v) is 7.94. The van der Waals surface area contributed by atoms with E-state index in [4.69, 9.17) is 4.74 Å². The second-order valence-corrected chi connectivity index (χ2v) is 6.14. The molecule has 1 N–H and O–H groups in total. The Balaban J connectivity index is 1.93. The third-order valence-corrected chi connectivity index (χ3v) is 4.34. The van der Waals surface area contributed by atoms with Gasteiger partial charge >= 0.3 is 0 Å². The molecular formula is C15H23NO2S. The van der Waals surface area contributed by atoms with E-state index in [2.05, 4.69) is 36.4 Å². The maximum Gasteiger partial charge on any atom is 0.132 e. The highest BCUT2D eigenvalue weighted by Gasteiger charge is 2.30. The lowest BCUT2D eigenvalue weighted by molar-refractivity contribution is 0.104. The van der Waals surface area contributed by atoms with Gasteiger partial charge in [0.05, 0.1) is 13.2 Å². The van der Waals surface area contributed by atoms with Crippen molar-refractivity contribution in [2.24, 2.45) is 5.92 Å². The van der Waals surface area contributed by atoms with Gasteiger partial charge in [0.1, 0.15) is 5.75 Å². The second kappa shape index (κ2) is 6.64. The highest BCUT2D eigenvalue weighted by molar-refractivity contribution is 7.98. The normalized spacial score (nSPS) is 16.7. The fourth-order valence-electron chi connectivity index (χ4n) is 2.30. The number of rotatable bonds is 7. The number of likely N-dealkylation sites (N-methyl/N-ethyl adjacent to an activating group) is 1. The molecule has 0 bridgehead atoms. The van der Waals surface area contributed by atoms with Crippen molar-refractivity contribution >= 4 is 11.8 Å². The molecule has 0 aliphatic heterocycles. The van der Waals surface area contributed by atoms with E-state index in [1.807, 2.05) is 0 Å². The van der Waals surface area contributed by atoms with Crippen LogP contribution in [-0.2, 0) is 6.54 Å². The Labute approximate surface area is 120 Å². The Morgan fingerprint density at radius 1 is 1.47 bits per heavy atom. The first-order chi connectivity index (χ1) is 9.13. The van der Waals surface area contributed by atoms with Gasteiger partial charge < -0.3 is 9.84 Å². The van der Waals surface area contributed by atoms with Gasteiger partial charge in [-0.1, -0.05) is 6.07 Å². The van der Waals surface area contributed by atoms with Gasteiger partial charge in [-0.25, -0.2) is 0 Å². The van der Waals surface area contributed by atoms with Crippen molar-refractivity contribution in [2.45, 2.75) is 30.4 Å². The van der Waals surface area contributed by atoms with E-state index in [-0.39, 0.29) is 6.10 Å². The fraction of sp³-hybridized carbons (Fsp3) is 0.600. The molecule has 3 nitrogen and oxygen atoms in total. The summed E-state index contributed by atoms with van der Waals surface area (Å²) in [6.07, 6.45) is 4.25. The summed E-state index contributed by atoms with van der Waals surface area (Å²) >= 11 is 1.69. The van der Waals surface area contributed by atoms with Crippen LogP contribution in [0.25, 0.3) is 0 Å². The highest BCUT2D eigenvalue weighted by Crippen LogP contribution is 2.33. The lowest BCUT2D eigenvalue weighted by Crippen LogP contribution is -2.30. The Kier molecular flexibility index (Phi) is 5.13. The summed E-state index contributed by atoms with van der Waals surface area (Å²) in [6, 6.07) is 6.32. The molecule has 1 aromatic carbocycles. The van der Waals surface area contributed by atoms with Gasteiger partial charge in [-0.15, -0.1) is 11.8 Å². The predicted octanol–water partition coefficient (Wildman–Crippen LogP) is 2.62. The van der Waals surface area contributed by atoms with E-state index in [9.17, 15) is 5.11 Å². The lowest BCUT2D eigenvalue weighted by Gasteiger charge is -2.21. The Morgan fingerprint density at radius 3 is 2.79 bits per heavy atom. The molecule has 0 amide bonds. The van der Waals surface area contributed by atoms with E-state index >= 15 is 0 Å². The van der Waals surface area contributed by atoms with E-state index in [0.717, 1.165) is 23.7 Å². The molecule has 1 aliphatic rings. The molecule has 1 aromatic rings. The van der Waals surface area contributed by atoms with Crippen molar-refractivity contribution in [1.29, 1.82) is 0 Å². The number of thioether (sulfide) groups is 1. The topological polar surface area (TPSA) is 32.7 Å². The summed E-state index contributed by atoms with van der Waals surface area (Å²) in [5.74, 6) is 1.47. The number of methoxy groups -OCH3 is 1. The average Bonchev–Trinajstić information content (AvgIpc) is 3.22. The molecular weight excluding hydrogens is 258 g/mol. The highest BCUT2D eigenvalue weighted by atomic mass is 32.2. The van der Waals surface area contributed by atoms with Crippen LogP contribution in [0.3, 0.4) is 0 Å². The maximum absolute atomic E-state index is 9.95. The fourth-order valence-corrected chi connectivity index (χ4v) is 2.85. The SMILES string of the molecule is COc1cc(CN(C)CC(O)C2CC2)ccc1SC. The molecule has 4 heteroatoms. The summed E-state index contributed by atoms with van der Waals surface area (Å²) < 4.78 is 5.40. The van der Waals surface area contributed by atoms with Gasteiger partial charge in [0, 0.05) is 18.0 Å². The van der Waals surface area contributed by atoms with Gasteiger partial charge in [0.25, 0.3) is 0 Å². The van der Waals surface area contributed by atoms with Crippen molar-refractivity contribution in [1.82, 2.24) is 4.90 Å². The van der Waals surface area contributed by atoms with Crippen LogP contribution in [0, 0.1) is 5.92 Å². The number of benzene rings is 1. The molecule has 1 unspecified atom stereocenters. The van der Waals surface area contributed by atoms with Crippen LogP contribution < -0.4 is 4.74 Å². The minimum absolute atomic E-state index is 0.169. The largest absolute Gasteiger partial charge is 0.496 e. The minimum Gasteiger partial charge on any atom is -0.496 e. The van der Waals surface area contributed by atoms with Crippen molar-refractivity contribution in [2.75, 3.05) is 27.0 Å². The molecule has 19 heavy (non-hydrogen) atoms. The van der Waals surface area contributed by atoms with Crippen molar-refractivity contribution in [3.63, 3.8) is 0 Å². The van der Waals surface area contributed by atoms with Crippen LogP contribution >= 0.6 is 11.8 Å². The number of hydrogen-bond donors (Lipinski definition) is 1. The number of aliphatic hydroxyl groups excluding tert-OH is 1. The van der Waals surface area contributed by atoms with Crippen molar-refractivity contribution in [3.8, 4) is 5.75 Å². The van der Waals surface area contributed by atoms with Crippen LogP contribution in [0.1, 0.15) is 18.4 Å². The third-order valence-electron chi connectivity index (χ3n) is 3.57. The summed E-state index contributed by atoms with van der Waals surface area (Å²) in [5, 5.41) is 9.95. The van der Waals surface area contributed by atoms with Gasteiger partial charge in [0.15, 0.2) is 0 Å². The van der Waals surface area contributed by atoms with E-state index in [1.54, 1.807) is 18.9 Å². The number of nitrogens with zero attached hydrogens (tertiary/aromatic N) is 1. The smallest absolute Gasteiger partial charge is 0.132 e. The Hall–Kier alpha value is -0.710. The van der Waals surface area contributed by atoms with Gasteiger partial charge in [-0.05, 0) is 49.8 Å². The molecule has 1 saturated carbocycles. The van der Waals surface area contributed by atoms with Crippen LogP contribution in [0.2, 0.25) is 0 Å². The van der Waals surface area contributed by atoms with Gasteiger partial charge in [-0.2, -0.15) is 0 Å². The molecule has 0 saturated heterocycles. The Morgan fingerprint density at radius 2 is 2.21 bits per heavy atom. The van der Waals surface area contributed by atoms with Crippen LogP contribution in [-0.4, -0.2) is 43.1 Å². The number of ether oxygens (including phenoxy) is 1. The zero-order valence-corrected chi connectivity index (χ0v) is 12.7. The van der Waals surface area contributed by atoms with Crippen LogP contribution in [0.5, 0.6) is 5.75 Å². The molecule has 0 heterocycles. The molecule has 1 fully saturated rings. The first-order valence-electron chi connectivity index (χ1n) is 6.71. The summed E-state index contributed by atoms with van der Waals surface area (Å²) in [5.41, 5.74) is 1.22. The van der Waals surface area contributed by atoms with E-state index in [0.29, 0.717) is 5.92 Å². The lowest BCUT2D eigenvalue weighted by atomic mass is 10.1. The second-order valence-electron chi connectivity index (χ2n) is 5.29. The van der Waals surface area contributed by atoms with Crippen molar-refractivity contribution < 1.29 is 9.84 Å². The predicted molar refractivity (Wildman–Crippen MR) is 79.8 cm³/mol. The summed E-state index contributed by atoms with van der Waals surface area (Å²) in [4.78, 5) is 3.34. The maximum atomic E-state index is 9.95. The summed E-state index contributed by atoms with van der Waals surface area (Å²) in [6.45, 7) is 1.59. The monoisotopic (exact) mass is 281 g/mol. The summed E-state index contributed by atoms with van der Waals surface area (Å²) in [7, 11) is 3.76. The van der Waals surface area contributed by atoms with Crippen molar-refractivity contribution in [3.05, 3.63) is 23.8 Å². The van der Waals surface area contributed by atoms with E-state index < -0.39 is 0 Å². The van der Waals surface area contributed by atoms with Gasteiger partial charge in [0.2, 0.25) is 0 Å². The van der Waals surface area contributed by atoms with E-state index in [1.165, 1.54) is 18.4 Å². The molecule has 0 aromatic heterocycles. The van der Waals surface area contributed by atoms with Crippen LogP contribution in [0.15, 0.2) is 23.1 Å². The van der Waals surface area contributed by atoms with Crippen LogP contribution in [0.4, 0.5) is 0 Å². The average molecular weight is 281 g/mol. The number of aliphatic hydroxyl groups is 1. The molecule has 106 valence electrons. The molecule has 0 radical (unpaired) electrons. The zero-order valence-electron chi connectivity index (χ0n) is 11.9. The molecule has 0 spiro atoms. The minimum atomic E-state index is -0.169. The first kappa shape index (κ1) is 14.7. The molecule has 1 atom stereocenters. The Bertz CT molecular complexity index is 421. The quantitative estimate of drug-likeness (QED) is 0.779. The van der Waals surface area contributed by atoms with Gasteiger partial charge in [-0.3, -0.25) is 4.90 Å². The molecule has 1 aliphatic carbocycles. The molecule has 2 rings (SSSR count). The number of hydrogen-bond acceptors (Lipinski definition) is 4.